The van der Waals surface area contributed by atoms with Gasteiger partial charge in [-0.1, -0.05) is 11.6 Å². The van der Waals surface area contributed by atoms with E-state index in [0.717, 1.165) is 39.3 Å². The highest BCUT2D eigenvalue weighted by molar-refractivity contribution is 6.29. The molecule has 6 nitrogen and oxygen atoms in total. The molecule has 0 bridgehead atoms. The molecule has 1 aliphatic heterocycles. The number of carbonyl (C=O) groups is 1. The van der Waals surface area contributed by atoms with E-state index >= 15 is 0 Å². The average Bonchev–Trinajstić information content (AvgIpc) is 2.45. The van der Waals surface area contributed by atoms with E-state index < -0.39 is 0 Å². The van der Waals surface area contributed by atoms with E-state index in [2.05, 4.69) is 33.9 Å². The maximum atomic E-state index is 12.3. The van der Waals surface area contributed by atoms with Crippen LogP contribution in [-0.2, 0) is 0 Å². The first-order valence-corrected chi connectivity index (χ1v) is 7.08. The van der Waals surface area contributed by atoms with Crippen molar-refractivity contribution in [2.75, 3.05) is 53.4 Å². The third kappa shape index (κ3) is 4.13. The van der Waals surface area contributed by atoms with Crippen LogP contribution in [0, 0.1) is 0 Å². The third-order valence-corrected chi connectivity index (χ3v) is 3.53. The molecule has 0 aliphatic carbocycles. The first-order valence-electron chi connectivity index (χ1n) is 6.70. The second kappa shape index (κ2) is 6.97. The molecule has 1 fully saturated rings. The van der Waals surface area contributed by atoms with Crippen LogP contribution in [0.2, 0.25) is 5.15 Å². The second-order valence-electron chi connectivity index (χ2n) is 5.16. The SMILES string of the molecule is CN(C)CCN1CCN(C(=O)c2cncc(Cl)n2)CC1. The normalized spacial score (nSPS) is 16.7. The maximum Gasteiger partial charge on any atom is 0.274 e. The maximum absolute atomic E-state index is 12.3. The van der Waals surface area contributed by atoms with Gasteiger partial charge in [0.1, 0.15) is 10.8 Å². The minimum Gasteiger partial charge on any atom is -0.335 e. The zero-order valence-corrected chi connectivity index (χ0v) is 12.7. The van der Waals surface area contributed by atoms with Gasteiger partial charge in [0.05, 0.1) is 12.4 Å². The summed E-state index contributed by atoms with van der Waals surface area (Å²) in [5, 5.41) is 0.250. The summed E-state index contributed by atoms with van der Waals surface area (Å²) < 4.78 is 0. The summed E-state index contributed by atoms with van der Waals surface area (Å²) in [6, 6.07) is 0. The van der Waals surface area contributed by atoms with E-state index in [9.17, 15) is 4.79 Å². The van der Waals surface area contributed by atoms with Gasteiger partial charge in [0, 0.05) is 39.3 Å². The molecule has 0 saturated carbocycles. The number of amides is 1. The van der Waals surface area contributed by atoms with Crippen molar-refractivity contribution < 1.29 is 4.79 Å². The Hall–Kier alpha value is -1.24. The molecule has 1 aliphatic rings. The van der Waals surface area contributed by atoms with Crippen LogP contribution >= 0.6 is 11.6 Å². The monoisotopic (exact) mass is 297 g/mol. The van der Waals surface area contributed by atoms with E-state index in [0.29, 0.717) is 5.69 Å². The van der Waals surface area contributed by atoms with Gasteiger partial charge in [-0.25, -0.2) is 4.98 Å². The molecule has 0 aromatic carbocycles. The molecular formula is C13H20ClN5O. The van der Waals surface area contributed by atoms with Gasteiger partial charge in [-0.3, -0.25) is 14.7 Å². The molecule has 20 heavy (non-hydrogen) atoms. The van der Waals surface area contributed by atoms with Crippen LogP contribution in [0.5, 0.6) is 0 Å². The summed E-state index contributed by atoms with van der Waals surface area (Å²) in [5.74, 6) is -0.0905. The van der Waals surface area contributed by atoms with Gasteiger partial charge in [0.15, 0.2) is 0 Å². The second-order valence-corrected chi connectivity index (χ2v) is 5.55. The van der Waals surface area contributed by atoms with Gasteiger partial charge >= 0.3 is 0 Å². The zero-order chi connectivity index (χ0) is 14.5. The molecule has 1 saturated heterocycles. The number of aromatic nitrogens is 2. The van der Waals surface area contributed by atoms with E-state index in [1.807, 2.05) is 4.90 Å². The van der Waals surface area contributed by atoms with Crippen LogP contribution in [0.3, 0.4) is 0 Å². The van der Waals surface area contributed by atoms with Gasteiger partial charge < -0.3 is 9.80 Å². The van der Waals surface area contributed by atoms with Gasteiger partial charge in [-0.15, -0.1) is 0 Å². The first kappa shape index (κ1) is 15.2. The van der Waals surface area contributed by atoms with Crippen molar-refractivity contribution in [3.05, 3.63) is 23.2 Å². The van der Waals surface area contributed by atoms with Crippen molar-refractivity contribution >= 4 is 17.5 Å². The summed E-state index contributed by atoms with van der Waals surface area (Å²) in [6.07, 6.45) is 2.89. The number of carbonyl (C=O) groups excluding carboxylic acids is 1. The van der Waals surface area contributed by atoms with Gasteiger partial charge in [-0.2, -0.15) is 0 Å². The Bertz CT molecular complexity index is 460. The highest BCUT2D eigenvalue weighted by Crippen LogP contribution is 2.08. The minimum atomic E-state index is -0.0905. The molecule has 1 aromatic heterocycles. The topological polar surface area (TPSA) is 52.6 Å². The van der Waals surface area contributed by atoms with E-state index in [1.165, 1.54) is 12.4 Å². The Kier molecular flexibility index (Phi) is 5.28. The quantitative estimate of drug-likeness (QED) is 0.808. The molecular weight excluding hydrogens is 278 g/mol. The molecule has 2 heterocycles. The fourth-order valence-corrected chi connectivity index (χ4v) is 2.27. The predicted molar refractivity (Wildman–Crippen MR) is 77.9 cm³/mol. The van der Waals surface area contributed by atoms with Crippen LogP contribution in [-0.4, -0.2) is 83.9 Å². The van der Waals surface area contributed by atoms with E-state index in [4.69, 9.17) is 11.6 Å². The molecule has 0 atom stereocenters. The number of rotatable bonds is 4. The van der Waals surface area contributed by atoms with E-state index in [1.54, 1.807) is 0 Å². The highest BCUT2D eigenvalue weighted by atomic mass is 35.5. The van der Waals surface area contributed by atoms with Crippen LogP contribution in [0.25, 0.3) is 0 Å². The Morgan fingerprint density at radius 1 is 1.30 bits per heavy atom. The predicted octanol–water partition coefficient (Wildman–Crippen LogP) is 0.449. The molecule has 1 amide bonds. The van der Waals surface area contributed by atoms with Crippen molar-refractivity contribution in [1.29, 1.82) is 0 Å². The molecule has 0 spiro atoms. The summed E-state index contributed by atoms with van der Waals surface area (Å²) in [4.78, 5) is 26.5. The molecule has 0 unspecified atom stereocenters. The standard InChI is InChI=1S/C13H20ClN5O/c1-17(2)3-4-18-5-7-19(8-6-18)13(20)11-9-15-10-12(14)16-11/h9-10H,3-8H2,1-2H3. The zero-order valence-electron chi connectivity index (χ0n) is 11.9. The summed E-state index contributed by atoms with van der Waals surface area (Å²) >= 11 is 5.76. The fraction of sp³-hybridized carbons (Fsp3) is 0.615. The van der Waals surface area contributed by atoms with Gasteiger partial charge in [0.25, 0.3) is 5.91 Å². The van der Waals surface area contributed by atoms with Crippen molar-refractivity contribution in [2.45, 2.75) is 0 Å². The van der Waals surface area contributed by atoms with Crippen LogP contribution in [0.1, 0.15) is 10.5 Å². The molecule has 7 heteroatoms. The largest absolute Gasteiger partial charge is 0.335 e. The summed E-state index contributed by atoms with van der Waals surface area (Å²) in [7, 11) is 4.13. The minimum absolute atomic E-state index is 0.0905. The Morgan fingerprint density at radius 2 is 2.00 bits per heavy atom. The molecule has 0 N–H and O–H groups in total. The lowest BCUT2D eigenvalue weighted by Crippen LogP contribution is -2.50. The number of piperazine rings is 1. The lowest BCUT2D eigenvalue weighted by Gasteiger charge is -2.35. The molecule has 1 aromatic rings. The number of likely N-dealkylation sites (N-methyl/N-ethyl adjacent to an activating group) is 1. The average molecular weight is 298 g/mol. The number of hydrogen-bond donors (Lipinski definition) is 0. The highest BCUT2D eigenvalue weighted by Gasteiger charge is 2.23. The lowest BCUT2D eigenvalue weighted by molar-refractivity contribution is 0.0623. The first-order chi connectivity index (χ1) is 9.56. The third-order valence-electron chi connectivity index (χ3n) is 3.35. The fourth-order valence-electron chi connectivity index (χ4n) is 2.12. The smallest absolute Gasteiger partial charge is 0.274 e. The van der Waals surface area contributed by atoms with Gasteiger partial charge in [0.2, 0.25) is 0 Å². The number of hydrogen-bond acceptors (Lipinski definition) is 5. The van der Waals surface area contributed by atoms with Crippen LogP contribution in [0.4, 0.5) is 0 Å². The van der Waals surface area contributed by atoms with Crippen molar-refractivity contribution in [3.63, 3.8) is 0 Å². The number of nitrogens with zero attached hydrogens (tertiary/aromatic N) is 5. The Balaban J connectivity index is 1.86. The molecule has 110 valence electrons. The molecule has 0 radical (unpaired) electrons. The van der Waals surface area contributed by atoms with Gasteiger partial charge in [-0.05, 0) is 14.1 Å². The van der Waals surface area contributed by atoms with Crippen molar-refractivity contribution in [1.82, 2.24) is 24.7 Å². The van der Waals surface area contributed by atoms with Crippen molar-refractivity contribution in [3.8, 4) is 0 Å². The number of halogens is 1. The van der Waals surface area contributed by atoms with E-state index in [-0.39, 0.29) is 11.1 Å². The summed E-state index contributed by atoms with van der Waals surface area (Å²) in [5.41, 5.74) is 0.319. The lowest BCUT2D eigenvalue weighted by atomic mass is 10.2. The Morgan fingerprint density at radius 3 is 2.60 bits per heavy atom. The van der Waals surface area contributed by atoms with Crippen molar-refractivity contribution in [2.24, 2.45) is 0 Å². The summed E-state index contributed by atoms with van der Waals surface area (Å²) in [6.45, 7) is 5.31. The van der Waals surface area contributed by atoms with Crippen LogP contribution in [0.15, 0.2) is 12.4 Å². The van der Waals surface area contributed by atoms with Crippen LogP contribution < -0.4 is 0 Å². The molecule has 2 rings (SSSR count). The Labute approximate surface area is 124 Å².